The van der Waals surface area contributed by atoms with Gasteiger partial charge in [0.15, 0.2) is 0 Å². The predicted octanol–water partition coefficient (Wildman–Crippen LogP) is 1.94. The average Bonchev–Trinajstić information content (AvgIpc) is 2.18. The van der Waals surface area contributed by atoms with E-state index in [0.29, 0.717) is 11.8 Å². The summed E-state index contributed by atoms with van der Waals surface area (Å²) in [6.07, 6.45) is 0.750. The molecule has 0 aliphatic carbocycles. The van der Waals surface area contributed by atoms with Gasteiger partial charge in [0.1, 0.15) is 6.29 Å². The molecule has 1 aromatic rings. The SMILES string of the molecule is O=CC(Cl)Cc1ccccc1[N+](=O)[O-]. The van der Waals surface area contributed by atoms with Crippen LogP contribution in [0.1, 0.15) is 5.56 Å². The maximum atomic E-state index is 10.6. The van der Waals surface area contributed by atoms with Gasteiger partial charge >= 0.3 is 0 Å². The number of aldehydes is 1. The number of halogens is 1. The number of para-hydroxylation sites is 1. The van der Waals surface area contributed by atoms with Gasteiger partial charge in [0, 0.05) is 18.1 Å². The minimum atomic E-state index is -0.712. The Morgan fingerprint density at radius 1 is 1.50 bits per heavy atom. The van der Waals surface area contributed by atoms with Crippen molar-refractivity contribution >= 4 is 23.6 Å². The van der Waals surface area contributed by atoms with Gasteiger partial charge in [-0.15, -0.1) is 11.6 Å². The zero-order valence-corrected chi connectivity index (χ0v) is 7.98. The summed E-state index contributed by atoms with van der Waals surface area (Å²) in [5, 5.41) is 9.85. The summed E-state index contributed by atoms with van der Waals surface area (Å²) < 4.78 is 0. The lowest BCUT2D eigenvalue weighted by Gasteiger charge is -2.02. The molecule has 0 aromatic heterocycles. The van der Waals surface area contributed by atoms with Gasteiger partial charge in [-0.25, -0.2) is 0 Å². The Hall–Kier alpha value is -1.42. The summed E-state index contributed by atoms with van der Waals surface area (Å²) in [7, 11) is 0. The van der Waals surface area contributed by atoms with E-state index in [1.807, 2.05) is 0 Å². The van der Waals surface area contributed by atoms with Gasteiger partial charge in [0.2, 0.25) is 0 Å². The molecule has 0 saturated heterocycles. The second-order valence-electron chi connectivity index (χ2n) is 2.74. The molecule has 4 nitrogen and oxygen atoms in total. The first kappa shape index (κ1) is 10.7. The largest absolute Gasteiger partial charge is 0.302 e. The van der Waals surface area contributed by atoms with Crippen LogP contribution in [0, 0.1) is 10.1 Å². The van der Waals surface area contributed by atoms with E-state index in [4.69, 9.17) is 11.6 Å². The molecule has 0 N–H and O–H groups in total. The highest BCUT2D eigenvalue weighted by Crippen LogP contribution is 2.19. The van der Waals surface area contributed by atoms with E-state index in [0.717, 1.165) is 0 Å². The van der Waals surface area contributed by atoms with E-state index < -0.39 is 10.3 Å². The second kappa shape index (κ2) is 4.72. The van der Waals surface area contributed by atoms with E-state index in [-0.39, 0.29) is 12.1 Å². The van der Waals surface area contributed by atoms with Crippen molar-refractivity contribution in [3.63, 3.8) is 0 Å². The lowest BCUT2D eigenvalue weighted by atomic mass is 10.1. The summed E-state index contributed by atoms with van der Waals surface area (Å²) in [5.74, 6) is 0. The number of nitro groups is 1. The van der Waals surface area contributed by atoms with Crippen LogP contribution >= 0.6 is 11.6 Å². The Labute approximate surface area is 85.6 Å². The van der Waals surface area contributed by atoms with Gasteiger partial charge in [-0.05, 0) is 0 Å². The standard InChI is InChI=1S/C9H8ClNO3/c10-8(6-12)5-7-3-1-2-4-9(7)11(13)14/h1-4,6,8H,5H2. The van der Waals surface area contributed by atoms with Gasteiger partial charge in [-0.3, -0.25) is 10.1 Å². The molecule has 0 radical (unpaired) electrons. The fourth-order valence-corrected chi connectivity index (χ4v) is 1.29. The molecule has 74 valence electrons. The van der Waals surface area contributed by atoms with E-state index in [1.165, 1.54) is 6.07 Å². The van der Waals surface area contributed by atoms with Crippen molar-refractivity contribution in [1.29, 1.82) is 0 Å². The Bertz CT molecular complexity index is 354. The van der Waals surface area contributed by atoms with Crippen LogP contribution in [0.5, 0.6) is 0 Å². The first-order valence-corrected chi connectivity index (χ1v) is 4.40. The molecule has 0 aliphatic rings. The zero-order chi connectivity index (χ0) is 10.6. The molecular formula is C9H8ClNO3. The Balaban J connectivity index is 2.95. The normalized spacial score (nSPS) is 12.1. The number of rotatable bonds is 4. The van der Waals surface area contributed by atoms with Crippen LogP contribution < -0.4 is 0 Å². The number of carbonyl (C=O) groups is 1. The van der Waals surface area contributed by atoms with Crippen molar-refractivity contribution in [3.05, 3.63) is 39.9 Å². The molecule has 14 heavy (non-hydrogen) atoms. The molecule has 0 saturated carbocycles. The first-order valence-electron chi connectivity index (χ1n) is 3.97. The summed E-state index contributed by atoms with van der Waals surface area (Å²) in [4.78, 5) is 20.4. The molecular weight excluding hydrogens is 206 g/mol. The lowest BCUT2D eigenvalue weighted by molar-refractivity contribution is -0.385. The van der Waals surface area contributed by atoms with E-state index >= 15 is 0 Å². The highest BCUT2D eigenvalue weighted by molar-refractivity contribution is 6.27. The molecule has 0 bridgehead atoms. The monoisotopic (exact) mass is 213 g/mol. The van der Waals surface area contributed by atoms with Crippen molar-refractivity contribution in [2.24, 2.45) is 0 Å². The van der Waals surface area contributed by atoms with Crippen molar-refractivity contribution in [2.45, 2.75) is 11.8 Å². The fraction of sp³-hybridized carbons (Fsp3) is 0.222. The molecule has 1 rings (SSSR count). The number of alkyl halides is 1. The number of hydrogen-bond donors (Lipinski definition) is 0. The van der Waals surface area contributed by atoms with Crippen LogP contribution in [-0.4, -0.2) is 16.6 Å². The topological polar surface area (TPSA) is 60.2 Å². The summed E-state index contributed by atoms with van der Waals surface area (Å²) in [6, 6.07) is 6.24. The van der Waals surface area contributed by atoms with Crippen molar-refractivity contribution < 1.29 is 9.72 Å². The molecule has 0 amide bonds. The van der Waals surface area contributed by atoms with Crippen LogP contribution in [-0.2, 0) is 11.2 Å². The van der Waals surface area contributed by atoms with Crippen LogP contribution in [0.25, 0.3) is 0 Å². The molecule has 1 aromatic carbocycles. The van der Waals surface area contributed by atoms with Gasteiger partial charge < -0.3 is 4.79 Å². The van der Waals surface area contributed by atoms with Crippen LogP contribution in [0.3, 0.4) is 0 Å². The van der Waals surface area contributed by atoms with Crippen LogP contribution in [0.2, 0.25) is 0 Å². The Kier molecular flexibility index (Phi) is 3.59. The summed E-state index contributed by atoms with van der Waals surface area (Å²) in [5.41, 5.74) is 0.476. The number of nitrogens with zero attached hydrogens (tertiary/aromatic N) is 1. The van der Waals surface area contributed by atoms with Gasteiger partial charge in [0.25, 0.3) is 5.69 Å². The van der Waals surface area contributed by atoms with Gasteiger partial charge in [0.05, 0.1) is 10.3 Å². The summed E-state index contributed by atoms with van der Waals surface area (Å²) in [6.45, 7) is 0. The third kappa shape index (κ3) is 2.53. The van der Waals surface area contributed by atoms with Gasteiger partial charge in [-0.1, -0.05) is 18.2 Å². The Morgan fingerprint density at radius 3 is 2.71 bits per heavy atom. The molecule has 1 unspecified atom stereocenters. The van der Waals surface area contributed by atoms with Crippen molar-refractivity contribution in [3.8, 4) is 0 Å². The molecule has 1 atom stereocenters. The molecule has 0 spiro atoms. The molecule has 0 fully saturated rings. The average molecular weight is 214 g/mol. The molecule has 5 heteroatoms. The predicted molar refractivity (Wildman–Crippen MR) is 52.5 cm³/mol. The quantitative estimate of drug-likeness (QED) is 0.332. The maximum Gasteiger partial charge on any atom is 0.272 e. The second-order valence-corrected chi connectivity index (χ2v) is 3.30. The van der Waals surface area contributed by atoms with E-state index in [2.05, 4.69) is 0 Å². The van der Waals surface area contributed by atoms with Crippen LogP contribution in [0.4, 0.5) is 5.69 Å². The smallest absolute Gasteiger partial charge is 0.272 e. The first-order chi connectivity index (χ1) is 6.65. The number of nitro benzene ring substituents is 1. The third-order valence-electron chi connectivity index (χ3n) is 1.75. The number of benzene rings is 1. The minimum Gasteiger partial charge on any atom is -0.302 e. The number of carbonyl (C=O) groups excluding carboxylic acids is 1. The maximum absolute atomic E-state index is 10.6. The molecule has 0 heterocycles. The van der Waals surface area contributed by atoms with Crippen LogP contribution in [0.15, 0.2) is 24.3 Å². The lowest BCUT2D eigenvalue weighted by Crippen LogP contribution is -2.06. The number of hydrogen-bond acceptors (Lipinski definition) is 3. The summed E-state index contributed by atoms with van der Waals surface area (Å²) >= 11 is 5.59. The van der Waals surface area contributed by atoms with Crippen molar-refractivity contribution in [1.82, 2.24) is 0 Å². The highest BCUT2D eigenvalue weighted by atomic mass is 35.5. The van der Waals surface area contributed by atoms with E-state index in [1.54, 1.807) is 18.2 Å². The van der Waals surface area contributed by atoms with E-state index in [9.17, 15) is 14.9 Å². The Morgan fingerprint density at radius 2 is 2.14 bits per heavy atom. The highest BCUT2D eigenvalue weighted by Gasteiger charge is 2.15. The van der Waals surface area contributed by atoms with Gasteiger partial charge in [-0.2, -0.15) is 0 Å². The zero-order valence-electron chi connectivity index (χ0n) is 7.22. The fourth-order valence-electron chi connectivity index (χ4n) is 1.12. The molecule has 0 aliphatic heterocycles. The van der Waals surface area contributed by atoms with Crippen molar-refractivity contribution in [2.75, 3.05) is 0 Å². The minimum absolute atomic E-state index is 0.000000000000000222. The third-order valence-corrected chi connectivity index (χ3v) is 2.01.